The predicted molar refractivity (Wildman–Crippen MR) is 348 cm³/mol. The van der Waals surface area contributed by atoms with Crippen LogP contribution in [-0.4, -0.2) is 0 Å². The Morgan fingerprint density at radius 1 is 0.197 bits per heavy atom. The van der Waals surface area contributed by atoms with E-state index in [1.807, 2.05) is 36.4 Å². The number of benzene rings is 6. The fourth-order valence-corrected chi connectivity index (χ4v) is 8.88. The lowest BCUT2D eigenvalue weighted by molar-refractivity contribution is 0.737. The van der Waals surface area contributed by atoms with E-state index in [1.165, 1.54) is 77.9 Å². The van der Waals surface area contributed by atoms with Gasteiger partial charge in [-0.2, -0.15) is 0 Å². The van der Waals surface area contributed by atoms with Crippen LogP contribution in [0.15, 0.2) is 133 Å². The SMILES string of the molecule is CC(C)C.CC(C)c1ccc(C(C)C)cc1.CC(C)c1cccc(C(C)C)c1.Cc1c(C(C)C)cccc1C(C)C.Cc1cc(C(C)C)c(C(C)C)cc1C(C)C.Cc1ccc(C(C)C)cc1C(C)C.c1ccccc1. The van der Waals surface area contributed by atoms with Crippen LogP contribution in [0.25, 0.3) is 0 Å². The fraction of sp³-hybridized carbons (Fsp3) is 0.526. The van der Waals surface area contributed by atoms with E-state index in [4.69, 9.17) is 0 Å². The second-order valence-corrected chi connectivity index (χ2v) is 25.4. The molecule has 0 fully saturated rings. The molecule has 0 nitrogen and oxygen atoms in total. The molecule has 422 valence electrons. The summed E-state index contributed by atoms with van der Waals surface area (Å²) in [5.74, 6) is 7.82. The highest BCUT2D eigenvalue weighted by molar-refractivity contribution is 5.43. The zero-order valence-electron chi connectivity index (χ0n) is 54.6. The number of hydrogen-bond acceptors (Lipinski definition) is 0. The number of rotatable bonds is 11. The van der Waals surface area contributed by atoms with Crippen molar-refractivity contribution in [1.82, 2.24) is 0 Å². The zero-order valence-corrected chi connectivity index (χ0v) is 54.6. The molecule has 0 aromatic heterocycles. The first-order valence-corrected chi connectivity index (χ1v) is 29.9. The Hall–Kier alpha value is -4.68. The van der Waals surface area contributed by atoms with Gasteiger partial charge in [-0.3, -0.25) is 0 Å². The van der Waals surface area contributed by atoms with Crippen molar-refractivity contribution in [3.05, 3.63) is 211 Å². The van der Waals surface area contributed by atoms with E-state index in [1.54, 1.807) is 0 Å². The van der Waals surface area contributed by atoms with Gasteiger partial charge in [0.2, 0.25) is 0 Å². The third-order valence-electron chi connectivity index (χ3n) is 13.8. The van der Waals surface area contributed by atoms with Gasteiger partial charge in [-0.15, -0.1) is 0 Å². The van der Waals surface area contributed by atoms with Gasteiger partial charge < -0.3 is 0 Å². The summed E-state index contributed by atoms with van der Waals surface area (Å²) in [5, 5.41) is 0. The molecule has 0 heteroatoms. The van der Waals surface area contributed by atoms with Crippen LogP contribution in [0.1, 0.15) is 316 Å². The van der Waals surface area contributed by atoms with E-state index in [0.29, 0.717) is 65.1 Å². The first-order valence-electron chi connectivity index (χ1n) is 29.9. The molecule has 6 aromatic carbocycles. The molecule has 0 N–H and O–H groups in total. The van der Waals surface area contributed by atoms with Crippen molar-refractivity contribution in [2.45, 2.75) is 259 Å². The topological polar surface area (TPSA) is 0 Å². The molecule has 0 aliphatic rings. The van der Waals surface area contributed by atoms with Crippen molar-refractivity contribution in [3.8, 4) is 0 Å². The molecule has 0 saturated heterocycles. The standard InChI is InChI=1S/C16H26.2C13H20.2C12H18.C6H6.C4H10/c1-10(2)14-9-16(12(5)6)15(11(3)4)8-13(14)7;1-9(2)12-7-6-11(5)13(8-12)10(3)4;1-9(2)12-7-6-8-13(10(3)4)11(12)5;1-9(2)11-5-7-12(8-6-11)10(3)4;1-9(2)11-6-5-7-12(8-11)10(3)4;1-2-4-6-5-3-1;1-4(2)3/h8-12H,1-7H3;2*6-10H,1-5H3;2*5-10H,1-4H3;1-6H;4H,1-3H3. The van der Waals surface area contributed by atoms with Gasteiger partial charge in [-0.25, -0.2) is 0 Å². The van der Waals surface area contributed by atoms with Gasteiger partial charge in [0.1, 0.15) is 0 Å². The monoisotopic (exact) mass is 1030 g/mol. The van der Waals surface area contributed by atoms with E-state index in [9.17, 15) is 0 Å². The maximum atomic E-state index is 2.43. The molecular weight excluding hydrogens is 913 g/mol. The summed E-state index contributed by atoms with van der Waals surface area (Å²) in [4.78, 5) is 0. The quantitative estimate of drug-likeness (QED) is 0.121. The Morgan fingerprint density at radius 3 is 0.763 bits per heavy atom. The molecule has 76 heavy (non-hydrogen) atoms. The minimum Gasteiger partial charge on any atom is -0.0630 e. The molecule has 0 atom stereocenters. The lowest BCUT2D eigenvalue weighted by atomic mass is 9.85. The summed E-state index contributed by atoms with van der Waals surface area (Å²) in [5.41, 5.74) is 20.6. The van der Waals surface area contributed by atoms with Crippen LogP contribution >= 0.6 is 0 Å². The summed E-state index contributed by atoms with van der Waals surface area (Å²) in [6.45, 7) is 62.8. The molecule has 0 unspecified atom stereocenters. The second kappa shape index (κ2) is 37.2. The lowest BCUT2D eigenvalue weighted by Gasteiger charge is -2.21. The Balaban J connectivity index is 0.000000886. The molecular formula is C76H118. The van der Waals surface area contributed by atoms with Gasteiger partial charge >= 0.3 is 0 Å². The molecule has 0 saturated carbocycles. The minimum absolute atomic E-state index is 0.621. The normalized spacial score (nSPS) is 11.0. The molecule has 0 radical (unpaired) electrons. The molecule has 0 heterocycles. The third kappa shape index (κ3) is 27.6. The van der Waals surface area contributed by atoms with Crippen molar-refractivity contribution in [1.29, 1.82) is 0 Å². The molecule has 0 bridgehead atoms. The Labute approximate surface area is 473 Å². The Bertz CT molecular complexity index is 2290. The summed E-state index contributed by atoms with van der Waals surface area (Å²) in [6, 6.07) is 48.2. The summed E-state index contributed by atoms with van der Waals surface area (Å²) in [6.07, 6.45) is 0. The average Bonchev–Trinajstić information content (AvgIpc) is 3.35. The number of hydrogen-bond donors (Lipinski definition) is 0. The number of aryl methyl sites for hydroxylation is 2. The second-order valence-electron chi connectivity index (χ2n) is 25.4. The minimum atomic E-state index is 0.621. The van der Waals surface area contributed by atoms with Crippen LogP contribution in [0.4, 0.5) is 0 Å². The maximum Gasteiger partial charge on any atom is -0.0216 e. The molecule has 6 rings (SSSR count). The van der Waals surface area contributed by atoms with Gasteiger partial charge in [0, 0.05) is 0 Å². The first kappa shape index (κ1) is 71.3. The van der Waals surface area contributed by atoms with Crippen molar-refractivity contribution >= 4 is 0 Å². The van der Waals surface area contributed by atoms with Gasteiger partial charge in [0.25, 0.3) is 0 Å². The van der Waals surface area contributed by atoms with E-state index < -0.39 is 0 Å². The van der Waals surface area contributed by atoms with Crippen LogP contribution in [0.3, 0.4) is 0 Å². The highest BCUT2D eigenvalue weighted by Gasteiger charge is 2.15. The maximum absolute atomic E-state index is 2.43. The predicted octanol–water partition coefficient (Wildman–Crippen LogP) is 25.1. The van der Waals surface area contributed by atoms with Crippen LogP contribution in [0.2, 0.25) is 0 Å². The van der Waals surface area contributed by atoms with Gasteiger partial charge in [-0.1, -0.05) is 307 Å². The molecule has 0 aliphatic heterocycles. The van der Waals surface area contributed by atoms with Crippen LogP contribution in [-0.2, 0) is 0 Å². The van der Waals surface area contributed by atoms with E-state index in [0.717, 1.165) is 5.92 Å². The summed E-state index contributed by atoms with van der Waals surface area (Å²) in [7, 11) is 0. The largest absolute Gasteiger partial charge is 0.0630 e. The highest BCUT2D eigenvalue weighted by atomic mass is 14.2. The van der Waals surface area contributed by atoms with Crippen LogP contribution < -0.4 is 0 Å². The fourth-order valence-electron chi connectivity index (χ4n) is 8.88. The molecule has 0 amide bonds. The van der Waals surface area contributed by atoms with Crippen molar-refractivity contribution in [2.75, 3.05) is 0 Å². The highest BCUT2D eigenvalue weighted by Crippen LogP contribution is 2.32. The average molecular weight is 1030 g/mol. The third-order valence-corrected chi connectivity index (χ3v) is 13.8. The van der Waals surface area contributed by atoms with E-state index in [2.05, 4.69) is 291 Å². The van der Waals surface area contributed by atoms with Crippen LogP contribution in [0.5, 0.6) is 0 Å². The van der Waals surface area contributed by atoms with Crippen molar-refractivity contribution in [3.63, 3.8) is 0 Å². The molecule has 0 aliphatic carbocycles. The Morgan fingerprint density at radius 2 is 0.461 bits per heavy atom. The van der Waals surface area contributed by atoms with Crippen LogP contribution in [0, 0.1) is 26.7 Å². The van der Waals surface area contributed by atoms with E-state index >= 15 is 0 Å². The van der Waals surface area contributed by atoms with Crippen molar-refractivity contribution < 1.29 is 0 Å². The smallest absolute Gasteiger partial charge is 0.0216 e. The summed E-state index contributed by atoms with van der Waals surface area (Å²) >= 11 is 0. The zero-order chi connectivity index (χ0) is 58.6. The van der Waals surface area contributed by atoms with E-state index in [-0.39, 0.29) is 0 Å². The summed E-state index contributed by atoms with van der Waals surface area (Å²) < 4.78 is 0. The molecule has 6 aromatic rings. The van der Waals surface area contributed by atoms with Gasteiger partial charge in [0.15, 0.2) is 0 Å². The van der Waals surface area contributed by atoms with Crippen molar-refractivity contribution in [2.24, 2.45) is 5.92 Å². The first-order chi connectivity index (χ1) is 35.3. The lowest BCUT2D eigenvalue weighted by Crippen LogP contribution is -2.03. The van der Waals surface area contributed by atoms with Gasteiger partial charge in [0.05, 0.1) is 0 Å². The van der Waals surface area contributed by atoms with Gasteiger partial charge in [-0.05, 0) is 170 Å². The Kier molecular flexibility index (Phi) is 34.9. The molecule has 0 spiro atoms.